The van der Waals surface area contributed by atoms with Crippen molar-refractivity contribution in [1.82, 2.24) is 0 Å². The standard InChI is InChI=1S/C15H13BrO/c16-12-6-8-13(9-7-12)17-15-10-5-11-3-1-2-4-14(11)15/h1-4,6-9,15H,5,10H2. The van der Waals surface area contributed by atoms with Gasteiger partial charge in [-0.3, -0.25) is 0 Å². The van der Waals surface area contributed by atoms with E-state index in [1.54, 1.807) is 0 Å². The summed E-state index contributed by atoms with van der Waals surface area (Å²) in [6.45, 7) is 0. The van der Waals surface area contributed by atoms with E-state index < -0.39 is 0 Å². The van der Waals surface area contributed by atoms with Crippen LogP contribution in [0.2, 0.25) is 0 Å². The summed E-state index contributed by atoms with van der Waals surface area (Å²) in [5, 5.41) is 0. The van der Waals surface area contributed by atoms with E-state index in [9.17, 15) is 0 Å². The van der Waals surface area contributed by atoms with Gasteiger partial charge in [0.2, 0.25) is 0 Å². The molecular formula is C15H13BrO. The van der Waals surface area contributed by atoms with Crippen molar-refractivity contribution in [2.24, 2.45) is 0 Å². The van der Waals surface area contributed by atoms with E-state index >= 15 is 0 Å². The van der Waals surface area contributed by atoms with Crippen LogP contribution in [0.1, 0.15) is 23.7 Å². The summed E-state index contributed by atoms with van der Waals surface area (Å²) in [5.74, 6) is 0.940. The number of benzene rings is 2. The van der Waals surface area contributed by atoms with Gasteiger partial charge in [-0.15, -0.1) is 0 Å². The van der Waals surface area contributed by atoms with Crippen molar-refractivity contribution in [2.75, 3.05) is 0 Å². The number of halogens is 1. The fourth-order valence-corrected chi connectivity index (χ4v) is 2.58. The molecule has 1 unspecified atom stereocenters. The fraction of sp³-hybridized carbons (Fsp3) is 0.200. The zero-order valence-electron chi connectivity index (χ0n) is 9.40. The molecule has 1 aliphatic carbocycles. The van der Waals surface area contributed by atoms with Crippen molar-refractivity contribution < 1.29 is 4.74 Å². The van der Waals surface area contributed by atoms with Gasteiger partial charge in [0.25, 0.3) is 0 Å². The molecule has 86 valence electrons. The number of ether oxygens (including phenoxy) is 1. The van der Waals surface area contributed by atoms with Crippen LogP contribution in [0.4, 0.5) is 0 Å². The molecule has 2 aromatic carbocycles. The Kier molecular flexibility index (Phi) is 2.89. The van der Waals surface area contributed by atoms with Gasteiger partial charge in [-0.25, -0.2) is 0 Å². The smallest absolute Gasteiger partial charge is 0.124 e. The predicted molar refractivity (Wildman–Crippen MR) is 72.3 cm³/mol. The minimum Gasteiger partial charge on any atom is -0.486 e. The number of hydrogen-bond donors (Lipinski definition) is 0. The molecule has 1 atom stereocenters. The third-order valence-electron chi connectivity index (χ3n) is 3.17. The Hall–Kier alpha value is -1.28. The summed E-state index contributed by atoms with van der Waals surface area (Å²) >= 11 is 3.43. The van der Waals surface area contributed by atoms with Gasteiger partial charge in [-0.2, -0.15) is 0 Å². The molecule has 0 spiro atoms. The van der Waals surface area contributed by atoms with Crippen LogP contribution < -0.4 is 4.74 Å². The van der Waals surface area contributed by atoms with Gasteiger partial charge < -0.3 is 4.74 Å². The molecule has 17 heavy (non-hydrogen) atoms. The van der Waals surface area contributed by atoms with Gasteiger partial charge >= 0.3 is 0 Å². The molecule has 0 saturated heterocycles. The first-order chi connectivity index (χ1) is 8.33. The van der Waals surface area contributed by atoms with Gasteiger partial charge in [-0.05, 0) is 48.2 Å². The summed E-state index contributed by atoms with van der Waals surface area (Å²) in [4.78, 5) is 0. The third-order valence-corrected chi connectivity index (χ3v) is 3.70. The number of rotatable bonds is 2. The van der Waals surface area contributed by atoms with Gasteiger partial charge in [0.1, 0.15) is 11.9 Å². The molecule has 0 heterocycles. The first-order valence-electron chi connectivity index (χ1n) is 5.83. The average molecular weight is 289 g/mol. The van der Waals surface area contributed by atoms with E-state index in [1.807, 2.05) is 24.3 Å². The highest BCUT2D eigenvalue weighted by Crippen LogP contribution is 2.34. The molecule has 0 aromatic heterocycles. The first kappa shape index (κ1) is 10.8. The fourth-order valence-electron chi connectivity index (χ4n) is 2.32. The quantitative estimate of drug-likeness (QED) is 0.790. The van der Waals surface area contributed by atoms with Gasteiger partial charge in [-0.1, -0.05) is 40.2 Å². The molecule has 0 radical (unpaired) electrons. The molecule has 1 nitrogen and oxygen atoms in total. The summed E-state index contributed by atoms with van der Waals surface area (Å²) in [5.41, 5.74) is 2.77. The molecule has 2 aromatic rings. The van der Waals surface area contributed by atoms with E-state index in [2.05, 4.69) is 40.2 Å². The zero-order valence-corrected chi connectivity index (χ0v) is 11.0. The molecule has 0 bridgehead atoms. The van der Waals surface area contributed by atoms with Crippen molar-refractivity contribution >= 4 is 15.9 Å². The molecule has 2 heteroatoms. The Morgan fingerprint density at radius 2 is 1.76 bits per heavy atom. The van der Waals surface area contributed by atoms with E-state index in [0.717, 1.165) is 23.1 Å². The maximum atomic E-state index is 6.04. The number of hydrogen-bond acceptors (Lipinski definition) is 1. The van der Waals surface area contributed by atoms with Crippen molar-refractivity contribution in [2.45, 2.75) is 18.9 Å². The van der Waals surface area contributed by atoms with Crippen LogP contribution in [0.3, 0.4) is 0 Å². The van der Waals surface area contributed by atoms with Crippen molar-refractivity contribution in [1.29, 1.82) is 0 Å². The monoisotopic (exact) mass is 288 g/mol. The normalized spacial score (nSPS) is 17.8. The molecule has 1 aliphatic rings. The van der Waals surface area contributed by atoms with Gasteiger partial charge in [0.15, 0.2) is 0 Å². The Morgan fingerprint density at radius 3 is 2.59 bits per heavy atom. The van der Waals surface area contributed by atoms with Crippen molar-refractivity contribution in [3.05, 3.63) is 64.1 Å². The van der Waals surface area contributed by atoms with Crippen molar-refractivity contribution in [3.8, 4) is 5.75 Å². The lowest BCUT2D eigenvalue weighted by Crippen LogP contribution is -2.03. The van der Waals surface area contributed by atoms with Crippen LogP contribution in [0.5, 0.6) is 5.75 Å². The van der Waals surface area contributed by atoms with Gasteiger partial charge in [0, 0.05) is 4.47 Å². The summed E-state index contributed by atoms with van der Waals surface area (Å²) in [6.07, 6.45) is 2.42. The SMILES string of the molecule is Brc1ccc(OC2CCc3ccccc32)cc1. The molecule has 0 fully saturated rings. The number of aryl methyl sites for hydroxylation is 1. The van der Waals surface area contributed by atoms with Crippen LogP contribution in [-0.4, -0.2) is 0 Å². The van der Waals surface area contributed by atoms with Crippen LogP contribution in [-0.2, 0) is 6.42 Å². The van der Waals surface area contributed by atoms with Crippen LogP contribution in [0, 0.1) is 0 Å². The first-order valence-corrected chi connectivity index (χ1v) is 6.62. The van der Waals surface area contributed by atoms with E-state index in [1.165, 1.54) is 11.1 Å². The largest absolute Gasteiger partial charge is 0.486 e. The lowest BCUT2D eigenvalue weighted by atomic mass is 10.1. The molecule has 0 aliphatic heterocycles. The van der Waals surface area contributed by atoms with Crippen LogP contribution >= 0.6 is 15.9 Å². The van der Waals surface area contributed by atoms with E-state index in [4.69, 9.17) is 4.74 Å². The predicted octanol–water partition coefficient (Wildman–Crippen LogP) is 4.52. The Balaban J connectivity index is 1.81. The second kappa shape index (κ2) is 4.53. The van der Waals surface area contributed by atoms with Crippen molar-refractivity contribution in [3.63, 3.8) is 0 Å². The molecule has 0 saturated carbocycles. The minimum absolute atomic E-state index is 0.215. The second-order valence-corrected chi connectivity index (χ2v) is 5.21. The molecule has 3 rings (SSSR count). The summed E-state index contributed by atoms with van der Waals surface area (Å²) in [6, 6.07) is 16.6. The highest BCUT2D eigenvalue weighted by Gasteiger charge is 2.23. The average Bonchev–Trinajstić information content (AvgIpc) is 2.76. The van der Waals surface area contributed by atoms with Crippen LogP contribution in [0.15, 0.2) is 53.0 Å². The topological polar surface area (TPSA) is 9.23 Å². The molecule has 0 amide bonds. The minimum atomic E-state index is 0.215. The Labute approximate surface area is 110 Å². The maximum absolute atomic E-state index is 6.04. The molecule has 0 N–H and O–H groups in total. The summed E-state index contributed by atoms with van der Waals surface area (Å²) in [7, 11) is 0. The van der Waals surface area contributed by atoms with E-state index in [-0.39, 0.29) is 6.10 Å². The Morgan fingerprint density at radius 1 is 1.00 bits per heavy atom. The third kappa shape index (κ3) is 2.22. The lowest BCUT2D eigenvalue weighted by molar-refractivity contribution is 0.207. The van der Waals surface area contributed by atoms with E-state index in [0.29, 0.717) is 0 Å². The molecular weight excluding hydrogens is 276 g/mol. The summed E-state index contributed by atoms with van der Waals surface area (Å²) < 4.78 is 7.12. The second-order valence-electron chi connectivity index (χ2n) is 4.30. The van der Waals surface area contributed by atoms with Gasteiger partial charge in [0.05, 0.1) is 0 Å². The maximum Gasteiger partial charge on any atom is 0.124 e. The highest BCUT2D eigenvalue weighted by molar-refractivity contribution is 9.10. The highest BCUT2D eigenvalue weighted by atomic mass is 79.9. The van der Waals surface area contributed by atoms with Crippen LogP contribution in [0.25, 0.3) is 0 Å². The zero-order chi connectivity index (χ0) is 11.7. The number of fused-ring (bicyclic) bond motifs is 1. The Bertz CT molecular complexity index is 519. The lowest BCUT2D eigenvalue weighted by Gasteiger charge is -2.14.